The summed E-state index contributed by atoms with van der Waals surface area (Å²) in [5, 5.41) is 7.26. The maximum Gasteiger partial charge on any atom is 0.0546 e. The molecule has 0 amide bonds. The number of fused-ring (bicyclic) bond motifs is 4. The number of para-hydroxylation sites is 2. The molecule has 2 heteroatoms. The van der Waals surface area contributed by atoms with Crippen LogP contribution < -0.4 is 9.80 Å². The average Bonchev–Trinajstić information content (AvgIpc) is 3.25. The molecule has 2 nitrogen and oxygen atoms in total. The highest BCUT2D eigenvalue weighted by molar-refractivity contribution is 6.14. The van der Waals surface area contributed by atoms with Gasteiger partial charge >= 0.3 is 0 Å². The molecule has 256 valence electrons. The van der Waals surface area contributed by atoms with Crippen LogP contribution in [0, 0.1) is 0 Å². The van der Waals surface area contributed by atoms with Crippen LogP contribution in [0.25, 0.3) is 55.6 Å². The summed E-state index contributed by atoms with van der Waals surface area (Å²) in [4.78, 5) is 4.71. The zero-order valence-electron chi connectivity index (χ0n) is 29.9. The van der Waals surface area contributed by atoms with Gasteiger partial charge < -0.3 is 9.80 Å². The normalized spacial score (nSPS) is 11.1. The molecule has 0 heterocycles. The van der Waals surface area contributed by atoms with E-state index in [0.29, 0.717) is 0 Å². The minimum atomic E-state index is 1.05. The Bertz CT molecular complexity index is 2780. The van der Waals surface area contributed by atoms with Gasteiger partial charge in [0.1, 0.15) is 0 Å². The van der Waals surface area contributed by atoms with E-state index in [2.05, 4.69) is 217 Å². The zero-order chi connectivity index (χ0) is 36.4. The highest BCUT2D eigenvalue weighted by Crippen LogP contribution is 2.44. The number of hydrogen-bond acceptors (Lipinski definition) is 2. The fourth-order valence-corrected chi connectivity index (χ4v) is 7.82. The van der Waals surface area contributed by atoms with Crippen molar-refractivity contribution in [2.45, 2.75) is 0 Å². The second kappa shape index (κ2) is 14.1. The van der Waals surface area contributed by atoms with Crippen molar-refractivity contribution in [3.05, 3.63) is 218 Å². The van der Waals surface area contributed by atoms with E-state index in [4.69, 9.17) is 0 Å². The Morgan fingerprint density at radius 2 is 0.741 bits per heavy atom. The smallest absolute Gasteiger partial charge is 0.0546 e. The molecule has 9 aromatic rings. The van der Waals surface area contributed by atoms with Gasteiger partial charge in [0.15, 0.2) is 0 Å². The summed E-state index contributed by atoms with van der Waals surface area (Å²) in [5.41, 5.74) is 11.1. The number of benzene rings is 9. The summed E-state index contributed by atoms with van der Waals surface area (Å²) in [6, 6.07) is 69.5. The summed E-state index contributed by atoms with van der Waals surface area (Å²) < 4.78 is 0. The second-order valence-corrected chi connectivity index (χ2v) is 13.5. The van der Waals surface area contributed by atoms with Gasteiger partial charge in [-0.05, 0) is 104 Å². The van der Waals surface area contributed by atoms with Crippen LogP contribution in [0.2, 0.25) is 0 Å². The third kappa shape index (κ3) is 5.81. The van der Waals surface area contributed by atoms with Gasteiger partial charge in [0.05, 0.1) is 11.4 Å². The van der Waals surface area contributed by atoms with E-state index >= 15 is 0 Å². The van der Waals surface area contributed by atoms with Crippen molar-refractivity contribution in [2.75, 3.05) is 9.80 Å². The van der Waals surface area contributed by atoms with Crippen LogP contribution >= 0.6 is 0 Å². The highest BCUT2D eigenvalue weighted by atomic mass is 15.1. The molecule has 0 saturated carbocycles. The molecule has 0 N–H and O–H groups in total. The molecular formula is C52H38N2. The van der Waals surface area contributed by atoms with Crippen LogP contribution in [0.4, 0.5) is 34.1 Å². The van der Waals surface area contributed by atoms with E-state index in [1.54, 1.807) is 0 Å². The molecule has 0 aliphatic heterocycles. The lowest BCUT2D eigenvalue weighted by atomic mass is 9.96. The third-order valence-electron chi connectivity index (χ3n) is 10.4. The first-order valence-electron chi connectivity index (χ1n) is 18.3. The molecule has 54 heavy (non-hydrogen) atoms. The van der Waals surface area contributed by atoms with Crippen molar-refractivity contribution in [3.63, 3.8) is 0 Å². The third-order valence-corrected chi connectivity index (χ3v) is 10.4. The Kier molecular flexibility index (Phi) is 8.55. The maximum atomic E-state index is 4.14. The van der Waals surface area contributed by atoms with Crippen molar-refractivity contribution < 1.29 is 0 Å². The average molecular weight is 691 g/mol. The molecule has 0 saturated heterocycles. The number of anilines is 6. The Morgan fingerprint density at radius 3 is 1.26 bits per heavy atom. The molecule has 0 atom stereocenters. The van der Waals surface area contributed by atoms with Crippen molar-refractivity contribution >= 4 is 78.6 Å². The Hall–Kier alpha value is -7.16. The van der Waals surface area contributed by atoms with E-state index in [1.165, 1.54) is 21.5 Å². The van der Waals surface area contributed by atoms with Gasteiger partial charge in [-0.15, -0.1) is 0 Å². The van der Waals surface area contributed by atoms with Crippen molar-refractivity contribution in [1.82, 2.24) is 0 Å². The predicted molar refractivity (Wildman–Crippen MR) is 234 cm³/mol. The first-order chi connectivity index (χ1) is 26.7. The van der Waals surface area contributed by atoms with Gasteiger partial charge in [-0.3, -0.25) is 0 Å². The van der Waals surface area contributed by atoms with E-state index in [0.717, 1.165) is 67.2 Å². The predicted octanol–water partition coefficient (Wildman–Crippen LogP) is 15.0. The lowest BCUT2D eigenvalue weighted by Crippen LogP contribution is -2.11. The molecule has 0 aliphatic rings. The lowest BCUT2D eigenvalue weighted by Gasteiger charge is -2.28. The van der Waals surface area contributed by atoms with E-state index in [9.17, 15) is 0 Å². The topological polar surface area (TPSA) is 6.48 Å². The first kappa shape index (κ1) is 32.7. The van der Waals surface area contributed by atoms with Gasteiger partial charge in [-0.1, -0.05) is 159 Å². The van der Waals surface area contributed by atoms with Crippen LogP contribution in [-0.2, 0) is 0 Å². The molecular weight excluding hydrogens is 653 g/mol. The van der Waals surface area contributed by atoms with Gasteiger partial charge in [0.25, 0.3) is 0 Å². The molecule has 9 aromatic carbocycles. The minimum Gasteiger partial charge on any atom is -0.310 e. The summed E-state index contributed by atoms with van der Waals surface area (Å²) in [7, 11) is 0. The monoisotopic (exact) mass is 690 g/mol. The fourth-order valence-electron chi connectivity index (χ4n) is 7.82. The largest absolute Gasteiger partial charge is 0.310 e. The molecule has 0 fully saturated rings. The number of nitrogens with zero attached hydrogens (tertiary/aromatic N) is 2. The molecule has 0 bridgehead atoms. The quantitative estimate of drug-likeness (QED) is 0.139. The summed E-state index contributed by atoms with van der Waals surface area (Å²) in [6.45, 7) is 8.27. The summed E-state index contributed by atoms with van der Waals surface area (Å²) in [6.07, 6.45) is 3.85. The van der Waals surface area contributed by atoms with Crippen molar-refractivity contribution in [1.29, 1.82) is 0 Å². The van der Waals surface area contributed by atoms with Crippen LogP contribution in [0.3, 0.4) is 0 Å². The Morgan fingerprint density at radius 1 is 0.333 bits per heavy atom. The minimum absolute atomic E-state index is 1.05. The standard InChI is InChI=1S/C52H38N2/c1-3-37-35-51(49-25-15-13-23-47(49)45(37)4-2)53(41-18-7-5-8-19-41)43-31-27-38(28-32-43)39-29-33-44(34-30-39)54(42-20-9-6-10-21-42)52-36-40-17-11-12-22-46(40)48-24-14-16-26-50(48)52/h3-36H,1-2H2. The van der Waals surface area contributed by atoms with Crippen molar-refractivity contribution in [2.24, 2.45) is 0 Å². The highest BCUT2D eigenvalue weighted by Gasteiger charge is 2.20. The first-order valence-corrected chi connectivity index (χ1v) is 18.3. The van der Waals surface area contributed by atoms with Crippen LogP contribution in [-0.4, -0.2) is 0 Å². The van der Waals surface area contributed by atoms with Crippen LogP contribution in [0.15, 0.2) is 207 Å². The van der Waals surface area contributed by atoms with Gasteiger partial charge in [0, 0.05) is 33.5 Å². The molecule has 0 aliphatic carbocycles. The number of rotatable bonds is 9. The zero-order valence-corrected chi connectivity index (χ0v) is 29.9. The molecule has 0 spiro atoms. The fraction of sp³-hybridized carbons (Fsp3) is 0. The maximum absolute atomic E-state index is 4.14. The van der Waals surface area contributed by atoms with Gasteiger partial charge in [-0.25, -0.2) is 0 Å². The molecule has 9 rings (SSSR count). The Balaban J connectivity index is 1.12. The van der Waals surface area contributed by atoms with Crippen molar-refractivity contribution in [3.8, 4) is 11.1 Å². The SMILES string of the molecule is C=Cc1cc(N(c2ccccc2)c2ccc(-c3ccc(N(c4ccccc4)c4cc5ccccc5c5ccccc45)cc3)cc2)c2ccccc2c1C=C. The second-order valence-electron chi connectivity index (χ2n) is 13.5. The molecule has 0 aromatic heterocycles. The van der Waals surface area contributed by atoms with Crippen LogP contribution in [0.5, 0.6) is 0 Å². The van der Waals surface area contributed by atoms with Gasteiger partial charge in [-0.2, -0.15) is 0 Å². The van der Waals surface area contributed by atoms with E-state index < -0.39 is 0 Å². The molecule has 0 radical (unpaired) electrons. The van der Waals surface area contributed by atoms with E-state index in [-0.39, 0.29) is 0 Å². The van der Waals surface area contributed by atoms with E-state index in [1.807, 2.05) is 12.2 Å². The number of hydrogen-bond donors (Lipinski definition) is 0. The lowest BCUT2D eigenvalue weighted by molar-refractivity contribution is 1.29. The summed E-state index contributed by atoms with van der Waals surface area (Å²) >= 11 is 0. The van der Waals surface area contributed by atoms with Crippen LogP contribution in [0.1, 0.15) is 11.1 Å². The van der Waals surface area contributed by atoms with Gasteiger partial charge in [0.2, 0.25) is 0 Å². The summed E-state index contributed by atoms with van der Waals surface area (Å²) in [5.74, 6) is 0. The Labute approximate surface area is 316 Å². The molecule has 0 unspecified atom stereocenters.